The highest BCUT2D eigenvalue weighted by Crippen LogP contribution is 2.09. The summed E-state index contributed by atoms with van der Waals surface area (Å²) in [7, 11) is 0. The fourth-order valence-corrected chi connectivity index (χ4v) is 0.941. The van der Waals surface area contributed by atoms with Crippen LogP contribution in [-0.2, 0) is 4.79 Å². The van der Waals surface area contributed by atoms with E-state index in [2.05, 4.69) is 0 Å². The normalized spacial score (nSPS) is 11.4. The van der Waals surface area contributed by atoms with Crippen molar-refractivity contribution >= 4 is 17.5 Å². The minimum atomic E-state index is -3.23. The summed E-state index contributed by atoms with van der Waals surface area (Å²) in [5.41, 5.74) is 0. The second-order valence-electron chi connectivity index (χ2n) is 2.94. The molecular formula is C8H14ClF2NO2. The molecule has 0 bridgehead atoms. The molecule has 0 radical (unpaired) electrons. The van der Waals surface area contributed by atoms with Crippen LogP contribution >= 0.6 is 11.6 Å². The Morgan fingerprint density at radius 3 is 2.57 bits per heavy atom. The standard InChI is InChI=1S/C8H14ClF2NO2/c9-4-2-1-3-7(14)12-5-8(10,11)6-13/h13H,1-6H2,(H,12,14). The number of nitrogens with one attached hydrogen (secondary N) is 1. The molecule has 0 rings (SSSR count). The highest BCUT2D eigenvalue weighted by atomic mass is 35.5. The molecule has 1 amide bonds. The zero-order chi connectivity index (χ0) is 11.0. The Kier molecular flexibility index (Phi) is 6.74. The second-order valence-corrected chi connectivity index (χ2v) is 3.31. The Balaban J connectivity index is 3.53. The fraction of sp³-hybridized carbons (Fsp3) is 0.875. The molecule has 0 aromatic heterocycles. The number of hydrogen-bond acceptors (Lipinski definition) is 2. The molecule has 3 nitrogen and oxygen atoms in total. The predicted molar refractivity (Wildman–Crippen MR) is 49.6 cm³/mol. The maximum Gasteiger partial charge on any atom is 0.287 e. The first-order valence-electron chi connectivity index (χ1n) is 4.33. The van der Waals surface area contributed by atoms with Crippen molar-refractivity contribution in [1.82, 2.24) is 5.32 Å². The lowest BCUT2D eigenvalue weighted by atomic mass is 10.2. The first-order valence-corrected chi connectivity index (χ1v) is 4.86. The minimum absolute atomic E-state index is 0.189. The molecule has 0 aliphatic heterocycles. The molecule has 6 heteroatoms. The third-order valence-electron chi connectivity index (χ3n) is 1.56. The average Bonchev–Trinajstić information content (AvgIpc) is 2.16. The van der Waals surface area contributed by atoms with Gasteiger partial charge in [0.05, 0.1) is 6.54 Å². The molecule has 0 aliphatic rings. The van der Waals surface area contributed by atoms with Crippen LogP contribution in [0.1, 0.15) is 19.3 Å². The van der Waals surface area contributed by atoms with Gasteiger partial charge in [-0.25, -0.2) is 8.78 Å². The van der Waals surface area contributed by atoms with Gasteiger partial charge in [-0.15, -0.1) is 11.6 Å². The molecule has 0 aromatic rings. The molecule has 0 aromatic carbocycles. The van der Waals surface area contributed by atoms with E-state index in [0.29, 0.717) is 18.7 Å². The Morgan fingerprint density at radius 1 is 1.43 bits per heavy atom. The van der Waals surface area contributed by atoms with Gasteiger partial charge in [-0.2, -0.15) is 0 Å². The van der Waals surface area contributed by atoms with Crippen molar-refractivity contribution in [3.63, 3.8) is 0 Å². The zero-order valence-electron chi connectivity index (χ0n) is 7.73. The number of amides is 1. The van der Waals surface area contributed by atoms with Crippen molar-refractivity contribution in [3.8, 4) is 0 Å². The highest BCUT2D eigenvalue weighted by molar-refractivity contribution is 6.17. The lowest BCUT2D eigenvalue weighted by Crippen LogP contribution is -2.38. The van der Waals surface area contributed by atoms with Crippen molar-refractivity contribution in [2.45, 2.75) is 25.2 Å². The van der Waals surface area contributed by atoms with Crippen LogP contribution < -0.4 is 5.32 Å². The quantitative estimate of drug-likeness (QED) is 0.508. The van der Waals surface area contributed by atoms with Gasteiger partial charge < -0.3 is 10.4 Å². The molecule has 2 N–H and O–H groups in total. The Labute approximate surface area is 86.4 Å². The first-order chi connectivity index (χ1) is 6.52. The van der Waals surface area contributed by atoms with Gasteiger partial charge in [0.25, 0.3) is 5.92 Å². The minimum Gasteiger partial charge on any atom is -0.390 e. The summed E-state index contributed by atoms with van der Waals surface area (Å²) in [5, 5.41) is 10.2. The molecule has 84 valence electrons. The molecular weight excluding hydrogens is 216 g/mol. The Hall–Kier alpha value is -0.420. The number of alkyl halides is 3. The fourth-order valence-electron chi connectivity index (χ4n) is 0.752. The van der Waals surface area contributed by atoms with Gasteiger partial charge in [-0.05, 0) is 12.8 Å². The van der Waals surface area contributed by atoms with Crippen LogP contribution in [0.4, 0.5) is 8.78 Å². The number of carbonyl (C=O) groups is 1. The number of carbonyl (C=O) groups excluding carboxylic acids is 1. The molecule has 0 spiro atoms. The topological polar surface area (TPSA) is 49.3 Å². The van der Waals surface area contributed by atoms with E-state index in [9.17, 15) is 13.6 Å². The molecule has 0 saturated carbocycles. The smallest absolute Gasteiger partial charge is 0.287 e. The summed E-state index contributed by atoms with van der Waals surface area (Å²) in [6, 6.07) is 0. The maximum absolute atomic E-state index is 12.4. The highest BCUT2D eigenvalue weighted by Gasteiger charge is 2.27. The number of aliphatic hydroxyl groups is 1. The number of rotatable bonds is 7. The van der Waals surface area contributed by atoms with E-state index < -0.39 is 25.0 Å². The summed E-state index contributed by atoms with van der Waals surface area (Å²) >= 11 is 5.37. The number of halogens is 3. The van der Waals surface area contributed by atoms with E-state index in [1.807, 2.05) is 5.32 Å². The Bertz CT molecular complexity index is 179. The van der Waals surface area contributed by atoms with Crippen LogP contribution in [0.5, 0.6) is 0 Å². The second kappa shape index (κ2) is 6.95. The lowest BCUT2D eigenvalue weighted by Gasteiger charge is -2.13. The number of unbranched alkanes of at least 4 members (excludes halogenated alkanes) is 1. The van der Waals surface area contributed by atoms with Gasteiger partial charge in [-0.3, -0.25) is 4.79 Å². The summed E-state index contributed by atoms with van der Waals surface area (Å²) in [5.74, 6) is -3.22. The van der Waals surface area contributed by atoms with Crippen molar-refractivity contribution < 1.29 is 18.7 Å². The van der Waals surface area contributed by atoms with Gasteiger partial charge >= 0.3 is 0 Å². The lowest BCUT2D eigenvalue weighted by molar-refractivity contribution is -0.124. The Morgan fingerprint density at radius 2 is 2.07 bits per heavy atom. The van der Waals surface area contributed by atoms with E-state index in [4.69, 9.17) is 16.7 Å². The third kappa shape index (κ3) is 7.03. The van der Waals surface area contributed by atoms with Gasteiger partial charge in [0, 0.05) is 12.3 Å². The third-order valence-corrected chi connectivity index (χ3v) is 1.83. The van der Waals surface area contributed by atoms with Gasteiger partial charge in [0.15, 0.2) is 0 Å². The predicted octanol–water partition coefficient (Wildman–Crippen LogP) is 1.14. The molecule has 0 heterocycles. The van der Waals surface area contributed by atoms with Crippen LogP contribution in [0, 0.1) is 0 Å². The number of aliphatic hydroxyl groups excluding tert-OH is 1. The summed E-state index contributed by atoms with van der Waals surface area (Å²) < 4.78 is 24.8. The van der Waals surface area contributed by atoms with E-state index in [-0.39, 0.29) is 6.42 Å². The monoisotopic (exact) mass is 229 g/mol. The zero-order valence-corrected chi connectivity index (χ0v) is 8.49. The van der Waals surface area contributed by atoms with Crippen LogP contribution in [0.25, 0.3) is 0 Å². The molecule has 0 atom stereocenters. The maximum atomic E-state index is 12.4. The van der Waals surface area contributed by atoms with Crippen LogP contribution in [0.2, 0.25) is 0 Å². The van der Waals surface area contributed by atoms with E-state index >= 15 is 0 Å². The summed E-state index contributed by atoms with van der Waals surface area (Å²) in [4.78, 5) is 10.9. The van der Waals surface area contributed by atoms with Crippen LogP contribution in [0.3, 0.4) is 0 Å². The van der Waals surface area contributed by atoms with Crippen LogP contribution in [0.15, 0.2) is 0 Å². The van der Waals surface area contributed by atoms with Crippen LogP contribution in [-0.4, -0.2) is 36.0 Å². The summed E-state index contributed by atoms with van der Waals surface area (Å²) in [6.07, 6.45) is 1.46. The number of hydrogen-bond donors (Lipinski definition) is 2. The first kappa shape index (κ1) is 13.6. The summed E-state index contributed by atoms with van der Waals surface area (Å²) in [6.45, 7) is -2.07. The SMILES string of the molecule is O=C(CCCCCl)NCC(F)(F)CO. The van der Waals surface area contributed by atoms with Crippen molar-refractivity contribution in [1.29, 1.82) is 0 Å². The van der Waals surface area contributed by atoms with Crippen molar-refractivity contribution in [2.24, 2.45) is 0 Å². The molecule has 0 saturated heterocycles. The molecule has 0 aliphatic carbocycles. The van der Waals surface area contributed by atoms with Crippen molar-refractivity contribution in [3.05, 3.63) is 0 Å². The van der Waals surface area contributed by atoms with Gasteiger partial charge in [-0.1, -0.05) is 0 Å². The van der Waals surface area contributed by atoms with E-state index in [1.54, 1.807) is 0 Å². The van der Waals surface area contributed by atoms with E-state index in [1.165, 1.54) is 0 Å². The molecule has 0 fully saturated rings. The molecule has 0 unspecified atom stereocenters. The van der Waals surface area contributed by atoms with Gasteiger partial charge in [0.2, 0.25) is 5.91 Å². The van der Waals surface area contributed by atoms with Crippen molar-refractivity contribution in [2.75, 3.05) is 19.0 Å². The largest absolute Gasteiger partial charge is 0.390 e. The van der Waals surface area contributed by atoms with E-state index in [0.717, 1.165) is 0 Å². The molecule has 14 heavy (non-hydrogen) atoms. The van der Waals surface area contributed by atoms with Gasteiger partial charge in [0.1, 0.15) is 6.61 Å². The average molecular weight is 230 g/mol.